The normalized spacial score (nSPS) is 13.6. The van der Waals surface area contributed by atoms with Gasteiger partial charge in [0.05, 0.1) is 11.5 Å². The van der Waals surface area contributed by atoms with Gasteiger partial charge in [-0.1, -0.05) is 12.1 Å². The molecule has 0 spiro atoms. The highest BCUT2D eigenvalue weighted by Gasteiger charge is 2.77. The average molecular weight is 416 g/mol. The molecule has 1 unspecified atom stereocenters. The van der Waals surface area contributed by atoms with Crippen LogP contribution in [0.4, 0.5) is 37.7 Å². The molecule has 1 rings (SSSR count). The lowest BCUT2D eigenvalue weighted by atomic mass is 9.79. The molecule has 0 heterocycles. The Bertz CT molecular complexity index is 748. The monoisotopic (exact) mass is 416 g/mol. The number of benzene rings is 1. The minimum Gasteiger partial charge on any atom is -0.465 e. The van der Waals surface area contributed by atoms with E-state index < -0.39 is 58.5 Å². The van der Waals surface area contributed by atoms with Crippen molar-refractivity contribution in [3.8, 4) is 0 Å². The van der Waals surface area contributed by atoms with E-state index in [1.807, 2.05) is 0 Å². The number of carbonyl (C=O) groups excluding carboxylic acids is 2. The summed E-state index contributed by atoms with van der Waals surface area (Å²) in [6.45, 7) is 0.877. The zero-order chi connectivity index (χ0) is 21.9. The zero-order valence-corrected chi connectivity index (χ0v) is 14.4. The zero-order valence-electron chi connectivity index (χ0n) is 14.4. The number of ketones is 1. The average Bonchev–Trinajstić information content (AvgIpc) is 2.52. The molecule has 0 bridgehead atoms. The molecule has 0 aliphatic carbocycles. The first-order valence-electron chi connectivity index (χ1n) is 7.52. The molecule has 1 atom stereocenters. The Balaban J connectivity index is 3.86. The largest absolute Gasteiger partial charge is 0.465 e. The second-order valence-electron chi connectivity index (χ2n) is 5.50. The molecule has 0 fully saturated rings. The van der Waals surface area contributed by atoms with Gasteiger partial charge in [-0.05, 0) is 19.9 Å². The number of hydrogen-bond acceptors (Lipinski definition) is 6. The van der Waals surface area contributed by atoms with Gasteiger partial charge in [0.2, 0.25) is 0 Å². The van der Waals surface area contributed by atoms with E-state index >= 15 is 0 Å². The second kappa shape index (κ2) is 8.02. The number of anilines is 1. The first-order chi connectivity index (χ1) is 12.7. The highest BCUT2D eigenvalue weighted by Crippen LogP contribution is 2.51. The van der Waals surface area contributed by atoms with Crippen LogP contribution in [0.3, 0.4) is 0 Å². The summed E-state index contributed by atoms with van der Waals surface area (Å²) in [5, 5.41) is 12.0. The van der Waals surface area contributed by atoms with Gasteiger partial charge in [-0.15, -0.1) is 0 Å². The lowest BCUT2D eigenvalue weighted by Crippen LogP contribution is -2.70. The van der Waals surface area contributed by atoms with Crippen LogP contribution in [0.5, 0.6) is 0 Å². The third-order valence-electron chi connectivity index (χ3n) is 3.69. The van der Waals surface area contributed by atoms with Gasteiger partial charge in [-0.2, -0.15) is 26.3 Å². The number of Topliss-reactive ketones (excluding diaryl/α,β-unsaturated/α-hetero) is 1. The van der Waals surface area contributed by atoms with E-state index in [2.05, 4.69) is 4.74 Å². The molecule has 0 radical (unpaired) electrons. The van der Waals surface area contributed by atoms with Crippen LogP contribution in [0.2, 0.25) is 0 Å². The fourth-order valence-electron chi connectivity index (χ4n) is 2.53. The number of alkyl halides is 6. The van der Waals surface area contributed by atoms with Gasteiger partial charge in [-0.3, -0.25) is 19.7 Å². The molecule has 156 valence electrons. The van der Waals surface area contributed by atoms with E-state index in [0.29, 0.717) is 19.1 Å². The van der Waals surface area contributed by atoms with E-state index in [1.54, 1.807) is 0 Å². The van der Waals surface area contributed by atoms with Gasteiger partial charge in [0, 0.05) is 6.07 Å². The predicted octanol–water partition coefficient (Wildman–Crippen LogP) is 3.64. The number of carbonyl (C=O) groups is 2. The lowest BCUT2D eigenvalue weighted by Gasteiger charge is -2.41. The molecule has 0 saturated heterocycles. The Morgan fingerprint density at radius 2 is 1.64 bits per heavy atom. The Kier molecular flexibility index (Phi) is 6.64. The van der Waals surface area contributed by atoms with Crippen LogP contribution in [0.15, 0.2) is 24.3 Å². The molecule has 0 saturated carbocycles. The van der Waals surface area contributed by atoms with Crippen molar-refractivity contribution in [3.05, 3.63) is 34.4 Å². The number of halogens is 6. The molecule has 13 heteroatoms. The first-order valence-corrected chi connectivity index (χ1v) is 7.52. The van der Waals surface area contributed by atoms with Crippen molar-refractivity contribution in [2.75, 3.05) is 11.9 Å². The number of para-hydroxylation sites is 2. The molecule has 0 aliphatic heterocycles. The van der Waals surface area contributed by atoms with Crippen molar-refractivity contribution in [1.82, 2.24) is 0 Å². The number of nitrogens with zero attached hydrogens (tertiary/aromatic N) is 1. The van der Waals surface area contributed by atoms with Crippen LogP contribution in [-0.2, 0) is 14.3 Å². The molecule has 0 amide bonds. The number of esters is 1. The molecule has 28 heavy (non-hydrogen) atoms. The minimum atomic E-state index is -6.27. The number of rotatable bonds is 7. The maximum Gasteiger partial charge on any atom is 0.421 e. The summed E-state index contributed by atoms with van der Waals surface area (Å²) in [4.78, 5) is 33.4. The van der Waals surface area contributed by atoms with Crippen molar-refractivity contribution >= 4 is 23.1 Å². The van der Waals surface area contributed by atoms with Crippen molar-refractivity contribution in [2.45, 2.75) is 31.7 Å². The van der Waals surface area contributed by atoms with Crippen LogP contribution in [0.25, 0.3) is 0 Å². The number of nitro groups is 1. The molecule has 7 nitrogen and oxygen atoms in total. The predicted molar refractivity (Wildman–Crippen MR) is 82.4 cm³/mol. The maximum atomic E-state index is 13.8. The molecule has 1 N–H and O–H groups in total. The number of nitro benzene ring substituents is 1. The van der Waals surface area contributed by atoms with Gasteiger partial charge in [0.15, 0.2) is 5.92 Å². The number of hydrogen-bond donors (Lipinski definition) is 1. The van der Waals surface area contributed by atoms with Crippen LogP contribution in [0.1, 0.15) is 13.8 Å². The third-order valence-corrected chi connectivity index (χ3v) is 3.69. The summed E-state index contributed by atoms with van der Waals surface area (Å²) < 4.78 is 87.0. The number of nitrogens with one attached hydrogen (secondary N) is 1. The van der Waals surface area contributed by atoms with Gasteiger partial charge < -0.3 is 10.1 Å². The standard InChI is InChI=1S/C15H14F6N2O5/c1-3-28-12(25)11(8(2)24)13(14(16,17)18,15(19,20)21)22-9-6-4-5-7-10(9)23(26)27/h4-7,11,22H,3H2,1-2H3. The van der Waals surface area contributed by atoms with Crippen molar-refractivity contribution < 1.29 is 45.6 Å². The number of ether oxygens (including phenoxy) is 1. The summed E-state index contributed by atoms with van der Waals surface area (Å²) >= 11 is 0. The SMILES string of the molecule is CCOC(=O)C(C(C)=O)C(Nc1ccccc1[N+](=O)[O-])(C(F)(F)F)C(F)(F)F. The lowest BCUT2D eigenvalue weighted by molar-refractivity contribution is -0.384. The molecule has 1 aromatic rings. The van der Waals surface area contributed by atoms with Gasteiger partial charge in [-0.25, -0.2) is 0 Å². The Hall–Kier alpha value is -2.86. The Morgan fingerprint density at radius 3 is 2.04 bits per heavy atom. The van der Waals surface area contributed by atoms with Crippen LogP contribution < -0.4 is 5.32 Å². The van der Waals surface area contributed by atoms with E-state index in [1.165, 1.54) is 0 Å². The molecule has 0 aliphatic rings. The summed E-state index contributed by atoms with van der Waals surface area (Å²) in [5.41, 5.74) is -7.46. The van der Waals surface area contributed by atoms with Crippen LogP contribution in [0, 0.1) is 16.0 Å². The fraction of sp³-hybridized carbons (Fsp3) is 0.467. The summed E-state index contributed by atoms with van der Waals surface area (Å²) in [5.74, 6) is -7.26. The van der Waals surface area contributed by atoms with E-state index in [9.17, 15) is 46.0 Å². The molecular weight excluding hydrogens is 402 g/mol. The smallest absolute Gasteiger partial charge is 0.421 e. The summed E-state index contributed by atoms with van der Waals surface area (Å²) in [6.07, 6.45) is -12.5. The third kappa shape index (κ3) is 4.17. The highest BCUT2D eigenvalue weighted by atomic mass is 19.4. The molecule has 0 aromatic heterocycles. The van der Waals surface area contributed by atoms with Gasteiger partial charge in [0.1, 0.15) is 11.5 Å². The highest BCUT2D eigenvalue weighted by molar-refractivity contribution is 6.00. The quantitative estimate of drug-likeness (QED) is 0.240. The van der Waals surface area contributed by atoms with Crippen molar-refractivity contribution in [1.29, 1.82) is 0 Å². The first kappa shape index (κ1) is 23.2. The molecule has 1 aromatic carbocycles. The van der Waals surface area contributed by atoms with Crippen molar-refractivity contribution in [2.24, 2.45) is 5.92 Å². The fourth-order valence-corrected chi connectivity index (χ4v) is 2.53. The van der Waals surface area contributed by atoms with Crippen molar-refractivity contribution in [3.63, 3.8) is 0 Å². The van der Waals surface area contributed by atoms with E-state index in [-0.39, 0.29) is 0 Å². The van der Waals surface area contributed by atoms with E-state index in [4.69, 9.17) is 0 Å². The maximum absolute atomic E-state index is 13.8. The molecular formula is C15H14F6N2O5. The van der Waals surface area contributed by atoms with Gasteiger partial charge >= 0.3 is 18.3 Å². The van der Waals surface area contributed by atoms with Crippen LogP contribution >= 0.6 is 0 Å². The van der Waals surface area contributed by atoms with Gasteiger partial charge in [0.25, 0.3) is 11.2 Å². The Morgan fingerprint density at radius 1 is 1.14 bits per heavy atom. The van der Waals surface area contributed by atoms with Crippen LogP contribution in [-0.4, -0.2) is 41.2 Å². The summed E-state index contributed by atoms with van der Waals surface area (Å²) in [7, 11) is 0. The Labute approximate surface area is 153 Å². The topological polar surface area (TPSA) is 98.5 Å². The summed E-state index contributed by atoms with van der Waals surface area (Å²) in [6, 6.07) is 3.21. The van der Waals surface area contributed by atoms with E-state index in [0.717, 1.165) is 24.4 Å². The minimum absolute atomic E-state index is 0.356. The second-order valence-corrected chi connectivity index (χ2v) is 5.50.